The van der Waals surface area contributed by atoms with Crippen molar-refractivity contribution in [1.82, 2.24) is 4.90 Å². The molecule has 0 bridgehead atoms. The van der Waals surface area contributed by atoms with E-state index < -0.39 is 18.5 Å². The molecule has 0 atom stereocenters. The van der Waals surface area contributed by atoms with Crippen molar-refractivity contribution >= 4 is 35.2 Å². The predicted molar refractivity (Wildman–Crippen MR) is 133 cm³/mol. The quantitative estimate of drug-likeness (QED) is 0.386. The number of thioether (sulfide) groups is 1. The molecule has 1 N–H and O–H groups in total. The van der Waals surface area contributed by atoms with Crippen LogP contribution in [-0.4, -0.2) is 54.7 Å². The summed E-state index contributed by atoms with van der Waals surface area (Å²) in [6.07, 6.45) is 5.66. The van der Waals surface area contributed by atoms with Gasteiger partial charge in [-0.15, -0.1) is 11.8 Å². The third-order valence-corrected chi connectivity index (χ3v) is 6.83. The number of amides is 2. The molecule has 34 heavy (non-hydrogen) atoms. The number of nitrogens with one attached hydrogen (secondary N) is 1. The van der Waals surface area contributed by atoms with Crippen LogP contribution >= 0.6 is 11.8 Å². The van der Waals surface area contributed by atoms with Crippen molar-refractivity contribution in [3.63, 3.8) is 0 Å². The number of para-hydroxylation sites is 2. The Kier molecular flexibility index (Phi) is 9.82. The van der Waals surface area contributed by atoms with Crippen molar-refractivity contribution < 1.29 is 23.9 Å². The number of rotatable bonds is 10. The Bertz CT molecular complexity index is 991. The molecule has 0 radical (unpaired) electrons. The van der Waals surface area contributed by atoms with E-state index >= 15 is 0 Å². The van der Waals surface area contributed by atoms with Crippen molar-refractivity contribution in [2.24, 2.45) is 0 Å². The van der Waals surface area contributed by atoms with Gasteiger partial charge < -0.3 is 19.7 Å². The van der Waals surface area contributed by atoms with Gasteiger partial charge in [0.15, 0.2) is 6.61 Å². The molecule has 0 heterocycles. The first-order valence-corrected chi connectivity index (χ1v) is 12.6. The zero-order valence-corrected chi connectivity index (χ0v) is 20.6. The van der Waals surface area contributed by atoms with Crippen molar-refractivity contribution in [2.75, 3.05) is 31.3 Å². The average Bonchev–Trinajstić information content (AvgIpc) is 2.87. The Morgan fingerprint density at radius 1 is 1.03 bits per heavy atom. The molecule has 0 unspecified atom stereocenters. The summed E-state index contributed by atoms with van der Waals surface area (Å²) in [7, 11) is 1.86. The van der Waals surface area contributed by atoms with E-state index in [1.54, 1.807) is 36.4 Å². The van der Waals surface area contributed by atoms with Crippen LogP contribution in [0.25, 0.3) is 0 Å². The fourth-order valence-electron chi connectivity index (χ4n) is 3.92. The van der Waals surface area contributed by atoms with Crippen LogP contribution in [0.1, 0.15) is 49.4 Å². The second-order valence-electron chi connectivity index (χ2n) is 8.13. The standard InChI is InChI=1S/C26H32N2O5S/c1-3-32-22-15-9-8-14-21(22)27-24(29)17-33-26(31)20-13-7-10-16-23(20)34-18-25(30)28(2)19-11-5-4-6-12-19/h7-10,13-16,19H,3-6,11-12,17-18H2,1-2H3,(H,27,29). The van der Waals surface area contributed by atoms with Gasteiger partial charge in [-0.1, -0.05) is 43.5 Å². The lowest BCUT2D eigenvalue weighted by Crippen LogP contribution is -2.39. The van der Waals surface area contributed by atoms with Crippen molar-refractivity contribution in [3.8, 4) is 5.75 Å². The summed E-state index contributed by atoms with van der Waals surface area (Å²) in [5.74, 6) is -0.229. The van der Waals surface area contributed by atoms with Crippen LogP contribution in [-0.2, 0) is 14.3 Å². The summed E-state index contributed by atoms with van der Waals surface area (Å²) in [6, 6.07) is 14.3. The zero-order valence-electron chi connectivity index (χ0n) is 19.7. The highest BCUT2D eigenvalue weighted by atomic mass is 32.2. The van der Waals surface area contributed by atoms with Gasteiger partial charge >= 0.3 is 5.97 Å². The lowest BCUT2D eigenvalue weighted by Gasteiger charge is -2.31. The number of benzene rings is 2. The average molecular weight is 485 g/mol. The van der Waals surface area contributed by atoms with E-state index in [0.29, 0.717) is 34.5 Å². The van der Waals surface area contributed by atoms with E-state index in [4.69, 9.17) is 9.47 Å². The Labute approximate surface area is 205 Å². The maximum Gasteiger partial charge on any atom is 0.339 e. The summed E-state index contributed by atoms with van der Waals surface area (Å²) >= 11 is 1.31. The summed E-state index contributed by atoms with van der Waals surface area (Å²) in [6.45, 7) is 1.90. The monoisotopic (exact) mass is 484 g/mol. The first-order valence-electron chi connectivity index (χ1n) is 11.7. The van der Waals surface area contributed by atoms with Gasteiger partial charge in [-0.2, -0.15) is 0 Å². The first kappa shape index (κ1) is 25.6. The number of anilines is 1. The largest absolute Gasteiger partial charge is 0.492 e. The first-order chi connectivity index (χ1) is 16.5. The number of ether oxygens (including phenoxy) is 2. The maximum absolute atomic E-state index is 12.7. The van der Waals surface area contributed by atoms with E-state index in [1.807, 2.05) is 31.0 Å². The highest BCUT2D eigenvalue weighted by Gasteiger charge is 2.23. The van der Waals surface area contributed by atoms with E-state index in [0.717, 1.165) is 25.7 Å². The van der Waals surface area contributed by atoms with Crippen LogP contribution in [0.3, 0.4) is 0 Å². The van der Waals surface area contributed by atoms with E-state index in [9.17, 15) is 14.4 Å². The molecule has 0 spiro atoms. The molecule has 7 nitrogen and oxygen atoms in total. The van der Waals surface area contributed by atoms with Gasteiger partial charge in [-0.3, -0.25) is 9.59 Å². The summed E-state index contributed by atoms with van der Waals surface area (Å²) < 4.78 is 10.7. The molecular weight excluding hydrogens is 452 g/mol. The topological polar surface area (TPSA) is 84.9 Å². The van der Waals surface area contributed by atoms with Gasteiger partial charge in [0.25, 0.3) is 5.91 Å². The molecule has 8 heteroatoms. The third kappa shape index (κ3) is 7.25. The molecule has 2 aromatic carbocycles. The van der Waals surface area contributed by atoms with Crippen LogP contribution in [0.15, 0.2) is 53.4 Å². The van der Waals surface area contributed by atoms with E-state index in [2.05, 4.69) is 5.32 Å². The minimum absolute atomic E-state index is 0.0485. The molecule has 0 aliphatic heterocycles. The van der Waals surface area contributed by atoms with Gasteiger partial charge in [0.1, 0.15) is 5.75 Å². The number of hydrogen-bond donors (Lipinski definition) is 1. The smallest absolute Gasteiger partial charge is 0.339 e. The Morgan fingerprint density at radius 3 is 2.50 bits per heavy atom. The Balaban J connectivity index is 1.53. The van der Waals surface area contributed by atoms with Crippen LogP contribution in [0, 0.1) is 0 Å². The highest BCUT2D eigenvalue weighted by Crippen LogP contribution is 2.26. The Morgan fingerprint density at radius 2 is 1.74 bits per heavy atom. The minimum Gasteiger partial charge on any atom is -0.492 e. The normalized spacial score (nSPS) is 13.7. The number of esters is 1. The molecule has 1 fully saturated rings. The SMILES string of the molecule is CCOc1ccccc1NC(=O)COC(=O)c1ccccc1SCC(=O)N(C)C1CCCCC1. The number of hydrogen-bond acceptors (Lipinski definition) is 6. The number of carbonyl (C=O) groups is 3. The van der Waals surface area contributed by atoms with Gasteiger partial charge in [-0.05, 0) is 44.0 Å². The number of carbonyl (C=O) groups excluding carboxylic acids is 3. The lowest BCUT2D eigenvalue weighted by atomic mass is 9.94. The molecule has 0 aromatic heterocycles. The Hall–Kier alpha value is -3.00. The molecule has 1 saturated carbocycles. The minimum atomic E-state index is -0.607. The molecule has 1 aliphatic carbocycles. The maximum atomic E-state index is 12.7. The summed E-state index contributed by atoms with van der Waals surface area (Å²) in [5.41, 5.74) is 0.852. The van der Waals surface area contributed by atoms with Crippen molar-refractivity contribution in [1.29, 1.82) is 0 Å². The lowest BCUT2D eigenvalue weighted by molar-refractivity contribution is -0.129. The molecular formula is C26H32N2O5S. The molecule has 0 saturated heterocycles. The van der Waals surface area contributed by atoms with Gasteiger partial charge in [0, 0.05) is 18.0 Å². The molecule has 2 aromatic rings. The molecule has 3 rings (SSSR count). The predicted octanol–water partition coefficient (Wildman–Crippen LogP) is 4.76. The van der Waals surface area contributed by atoms with E-state index in [1.165, 1.54) is 18.2 Å². The molecule has 2 amide bonds. The summed E-state index contributed by atoms with van der Waals surface area (Å²) in [4.78, 5) is 40.2. The third-order valence-electron chi connectivity index (χ3n) is 5.77. The zero-order chi connectivity index (χ0) is 24.3. The van der Waals surface area contributed by atoms with Gasteiger partial charge in [0.05, 0.1) is 23.6 Å². The van der Waals surface area contributed by atoms with Crippen molar-refractivity contribution in [2.45, 2.75) is 50.0 Å². The highest BCUT2D eigenvalue weighted by molar-refractivity contribution is 8.00. The van der Waals surface area contributed by atoms with Gasteiger partial charge in [-0.25, -0.2) is 4.79 Å². The van der Waals surface area contributed by atoms with Crippen LogP contribution in [0.5, 0.6) is 5.75 Å². The second-order valence-corrected chi connectivity index (χ2v) is 9.15. The fraction of sp³-hybridized carbons (Fsp3) is 0.423. The second kappa shape index (κ2) is 13.0. The summed E-state index contributed by atoms with van der Waals surface area (Å²) in [5, 5.41) is 2.70. The molecule has 1 aliphatic rings. The number of nitrogens with zero attached hydrogens (tertiary/aromatic N) is 1. The van der Waals surface area contributed by atoms with Gasteiger partial charge in [0.2, 0.25) is 5.91 Å². The molecule has 182 valence electrons. The van der Waals surface area contributed by atoms with Crippen LogP contribution < -0.4 is 10.1 Å². The van der Waals surface area contributed by atoms with Crippen molar-refractivity contribution in [3.05, 3.63) is 54.1 Å². The van der Waals surface area contributed by atoms with E-state index in [-0.39, 0.29) is 11.7 Å². The van der Waals surface area contributed by atoms with Crippen LogP contribution in [0.4, 0.5) is 5.69 Å². The van der Waals surface area contributed by atoms with Crippen LogP contribution in [0.2, 0.25) is 0 Å². The fourth-order valence-corrected chi connectivity index (χ4v) is 4.89.